The summed E-state index contributed by atoms with van der Waals surface area (Å²) in [6.45, 7) is 5.85. The summed E-state index contributed by atoms with van der Waals surface area (Å²) in [5, 5.41) is 4.03. The van der Waals surface area contributed by atoms with Gasteiger partial charge in [-0.25, -0.2) is 18.8 Å². The van der Waals surface area contributed by atoms with E-state index in [4.69, 9.17) is 4.42 Å². The van der Waals surface area contributed by atoms with Gasteiger partial charge in [0.05, 0.1) is 23.3 Å². The molecule has 0 unspecified atom stereocenters. The third-order valence-corrected chi connectivity index (χ3v) is 8.24. The van der Waals surface area contributed by atoms with Crippen LogP contribution in [0.15, 0.2) is 99.5 Å². The second-order valence-corrected chi connectivity index (χ2v) is 11.5. The number of carbonyl (C=O) groups is 1. The molecule has 0 saturated carbocycles. The number of amides is 1. The Morgan fingerprint density at radius 1 is 0.950 bits per heavy atom. The van der Waals surface area contributed by atoms with Crippen molar-refractivity contribution in [3.8, 4) is 0 Å². The number of hydrogen-bond donors (Lipinski definition) is 1. The smallest absolute Gasteiger partial charge is 0.290 e. The number of rotatable bonds is 9. The second-order valence-electron chi connectivity index (χ2n) is 9.55. The maximum absolute atomic E-state index is 13.6. The van der Waals surface area contributed by atoms with Crippen LogP contribution in [-0.4, -0.2) is 34.2 Å². The number of nitrogens with one attached hydrogen (secondary N) is 1. The normalized spacial score (nSPS) is 12.0. The first kappa shape index (κ1) is 27.0. The molecule has 0 fully saturated rings. The number of aryl methyl sites for hydroxylation is 3. The highest BCUT2D eigenvalue weighted by molar-refractivity contribution is 7.89. The lowest BCUT2D eigenvalue weighted by Gasteiger charge is -2.21. The van der Waals surface area contributed by atoms with E-state index in [1.54, 1.807) is 53.9 Å². The van der Waals surface area contributed by atoms with Gasteiger partial charge in [0.25, 0.3) is 5.91 Å². The van der Waals surface area contributed by atoms with Gasteiger partial charge < -0.3 is 4.42 Å². The lowest BCUT2D eigenvalue weighted by Crippen LogP contribution is -2.30. The summed E-state index contributed by atoms with van der Waals surface area (Å²) in [4.78, 5) is 17.4. The topological polar surface area (TPSA) is 109 Å². The van der Waals surface area contributed by atoms with E-state index in [0.29, 0.717) is 28.6 Å². The van der Waals surface area contributed by atoms with Gasteiger partial charge in [-0.3, -0.25) is 9.20 Å². The molecular weight excluding hydrogens is 526 g/mol. The molecule has 0 bridgehead atoms. The molecule has 2 aromatic carbocycles. The molecule has 5 aromatic rings. The minimum absolute atomic E-state index is 0.0191. The summed E-state index contributed by atoms with van der Waals surface area (Å²) in [6, 6.07) is 23.4. The minimum Gasteiger partial charge on any atom is -0.459 e. The van der Waals surface area contributed by atoms with Crippen molar-refractivity contribution in [3.63, 3.8) is 0 Å². The molecule has 40 heavy (non-hydrogen) atoms. The molecule has 0 atom stereocenters. The second kappa shape index (κ2) is 11.3. The van der Waals surface area contributed by atoms with Gasteiger partial charge in [0.1, 0.15) is 22.9 Å². The molecule has 1 N–H and O–H groups in total. The van der Waals surface area contributed by atoms with Crippen LogP contribution >= 0.6 is 0 Å². The highest BCUT2D eigenvalue weighted by Gasteiger charge is 2.26. The van der Waals surface area contributed by atoms with E-state index in [-0.39, 0.29) is 18.0 Å². The Labute approximate surface area is 232 Å². The Kier molecular flexibility index (Phi) is 7.63. The van der Waals surface area contributed by atoms with Crippen molar-refractivity contribution in [3.05, 3.63) is 125 Å². The molecule has 3 heterocycles. The molecule has 1 amide bonds. The van der Waals surface area contributed by atoms with Crippen molar-refractivity contribution in [2.45, 2.75) is 38.8 Å². The van der Waals surface area contributed by atoms with Crippen LogP contribution in [0.2, 0.25) is 0 Å². The van der Waals surface area contributed by atoms with Gasteiger partial charge in [-0.15, -0.1) is 0 Å². The van der Waals surface area contributed by atoms with Crippen LogP contribution in [0, 0.1) is 20.8 Å². The van der Waals surface area contributed by atoms with Crippen LogP contribution in [0.4, 0.5) is 0 Å². The molecule has 0 saturated heterocycles. The number of furan rings is 1. The van der Waals surface area contributed by atoms with E-state index >= 15 is 0 Å². The van der Waals surface area contributed by atoms with Crippen molar-refractivity contribution in [1.82, 2.24) is 19.1 Å². The number of hydrazone groups is 1. The lowest BCUT2D eigenvalue weighted by atomic mass is 10.1. The van der Waals surface area contributed by atoms with E-state index in [1.807, 2.05) is 56.3 Å². The van der Waals surface area contributed by atoms with E-state index in [0.717, 1.165) is 16.7 Å². The number of benzene rings is 2. The van der Waals surface area contributed by atoms with Crippen molar-refractivity contribution in [2.75, 3.05) is 0 Å². The first-order valence-electron chi connectivity index (χ1n) is 12.7. The Hall–Kier alpha value is -4.54. The lowest BCUT2D eigenvalue weighted by molar-refractivity contribution is 0.0948. The highest BCUT2D eigenvalue weighted by atomic mass is 32.2. The molecule has 3 aromatic heterocycles. The Balaban J connectivity index is 1.33. The first-order chi connectivity index (χ1) is 19.2. The number of hydrogen-bond acceptors (Lipinski definition) is 6. The predicted molar refractivity (Wildman–Crippen MR) is 152 cm³/mol. The molecule has 0 radical (unpaired) electrons. The summed E-state index contributed by atoms with van der Waals surface area (Å²) in [6.07, 6.45) is 3.14. The monoisotopic (exact) mass is 555 g/mol. The molecule has 10 heteroatoms. The maximum atomic E-state index is 13.6. The van der Waals surface area contributed by atoms with Crippen LogP contribution in [0.5, 0.6) is 0 Å². The molecule has 0 aliphatic heterocycles. The van der Waals surface area contributed by atoms with Gasteiger partial charge in [-0.05, 0) is 62.7 Å². The molecule has 0 aliphatic rings. The Morgan fingerprint density at radius 3 is 2.38 bits per heavy atom. The fraction of sp³-hybridized carbons (Fsp3) is 0.167. The summed E-state index contributed by atoms with van der Waals surface area (Å²) >= 11 is 0. The molecule has 204 valence electrons. The quantitative estimate of drug-likeness (QED) is 0.203. The third-order valence-electron chi connectivity index (χ3n) is 6.43. The number of fused-ring (bicyclic) bond motifs is 1. The average molecular weight is 556 g/mol. The minimum atomic E-state index is -3.82. The van der Waals surface area contributed by atoms with Crippen molar-refractivity contribution in [2.24, 2.45) is 5.10 Å². The largest absolute Gasteiger partial charge is 0.459 e. The number of aromatic nitrogens is 2. The van der Waals surface area contributed by atoms with Crippen LogP contribution < -0.4 is 5.43 Å². The van der Waals surface area contributed by atoms with Crippen molar-refractivity contribution < 1.29 is 17.6 Å². The maximum Gasteiger partial charge on any atom is 0.290 e. The summed E-state index contributed by atoms with van der Waals surface area (Å²) in [5.41, 5.74) is 7.08. The molecule has 0 aliphatic carbocycles. The Bertz CT molecular complexity index is 1790. The molecular formula is C30H29N5O4S. The van der Waals surface area contributed by atoms with Crippen LogP contribution in [0.3, 0.4) is 0 Å². The van der Waals surface area contributed by atoms with Gasteiger partial charge in [-0.1, -0.05) is 53.6 Å². The molecule has 5 rings (SSSR count). The van der Waals surface area contributed by atoms with Crippen LogP contribution in [0.1, 0.15) is 44.4 Å². The van der Waals surface area contributed by atoms with Gasteiger partial charge in [0, 0.05) is 12.7 Å². The molecule has 9 nitrogen and oxygen atoms in total. The number of imidazole rings is 1. The predicted octanol–water partition coefficient (Wildman–Crippen LogP) is 5.01. The summed E-state index contributed by atoms with van der Waals surface area (Å²) in [5.74, 6) is 0.397. The van der Waals surface area contributed by atoms with Gasteiger partial charge in [0.15, 0.2) is 0 Å². The molecule has 0 spiro atoms. The zero-order valence-corrected chi connectivity index (χ0v) is 23.2. The van der Waals surface area contributed by atoms with Crippen LogP contribution in [-0.2, 0) is 23.1 Å². The zero-order chi connectivity index (χ0) is 28.3. The summed E-state index contributed by atoms with van der Waals surface area (Å²) in [7, 11) is -3.82. The van der Waals surface area contributed by atoms with E-state index in [9.17, 15) is 13.2 Å². The SMILES string of the molecule is Cc1ccc(CN(Cc2ccc(/C=N/NC(=O)c3c(C)nc4ccccn34)o2)S(=O)(=O)c2ccc(C)cc2)cc1. The van der Waals surface area contributed by atoms with Gasteiger partial charge >= 0.3 is 0 Å². The van der Waals surface area contributed by atoms with Crippen molar-refractivity contribution >= 4 is 27.8 Å². The summed E-state index contributed by atoms with van der Waals surface area (Å²) < 4.78 is 36.2. The van der Waals surface area contributed by atoms with Gasteiger partial charge in [0.2, 0.25) is 10.0 Å². The van der Waals surface area contributed by atoms with E-state index in [1.165, 1.54) is 10.5 Å². The van der Waals surface area contributed by atoms with Crippen molar-refractivity contribution in [1.29, 1.82) is 0 Å². The zero-order valence-electron chi connectivity index (χ0n) is 22.4. The number of carbonyl (C=O) groups excluding carboxylic acids is 1. The number of pyridine rings is 1. The van der Waals surface area contributed by atoms with E-state index in [2.05, 4.69) is 15.5 Å². The average Bonchev–Trinajstić information content (AvgIpc) is 3.52. The highest BCUT2D eigenvalue weighted by Crippen LogP contribution is 2.23. The van der Waals surface area contributed by atoms with Crippen LogP contribution in [0.25, 0.3) is 5.65 Å². The Morgan fingerprint density at radius 2 is 1.65 bits per heavy atom. The number of nitrogens with zero attached hydrogens (tertiary/aromatic N) is 4. The van der Waals surface area contributed by atoms with Gasteiger partial charge in [-0.2, -0.15) is 9.41 Å². The van der Waals surface area contributed by atoms with E-state index < -0.39 is 15.9 Å². The third kappa shape index (κ3) is 5.88. The number of sulfonamides is 1. The first-order valence-corrected chi connectivity index (χ1v) is 14.1. The fourth-order valence-corrected chi connectivity index (χ4v) is 5.69. The fourth-order valence-electron chi connectivity index (χ4n) is 4.30. The standard InChI is InChI=1S/C30H29N5O4S/c1-21-7-11-24(12-8-21)19-34(40(37,38)27-15-9-22(2)10-16-27)20-26-14-13-25(39-26)18-31-33-30(36)29-23(3)32-28-6-4-5-17-35(28)29/h4-18H,19-20H2,1-3H3,(H,33,36)/b31-18+.